The second-order valence-corrected chi connectivity index (χ2v) is 11.0. The van der Waals surface area contributed by atoms with Crippen molar-refractivity contribution in [2.75, 3.05) is 35.9 Å². The average Bonchev–Trinajstić information content (AvgIpc) is 2.97. The number of aromatic nitrogens is 1. The van der Waals surface area contributed by atoms with E-state index in [4.69, 9.17) is 0 Å². The molecule has 0 saturated carbocycles. The summed E-state index contributed by atoms with van der Waals surface area (Å²) in [4.78, 5) is 17.4. The summed E-state index contributed by atoms with van der Waals surface area (Å²) >= 11 is 0. The number of nitrogens with zero attached hydrogens (tertiary/aromatic N) is 3. The van der Waals surface area contributed by atoms with Gasteiger partial charge in [0.15, 0.2) is 0 Å². The molecule has 31 heavy (non-hydrogen) atoms. The lowest BCUT2D eigenvalue weighted by molar-refractivity contribution is -0.109. The van der Waals surface area contributed by atoms with Gasteiger partial charge in [0.2, 0.25) is 16.4 Å². The van der Waals surface area contributed by atoms with Gasteiger partial charge in [-0.2, -0.15) is 0 Å². The van der Waals surface area contributed by atoms with Gasteiger partial charge in [-0.25, -0.2) is 8.42 Å². The summed E-state index contributed by atoms with van der Waals surface area (Å²) < 4.78 is 25.9. The zero-order valence-electron chi connectivity index (χ0n) is 18.4. The van der Waals surface area contributed by atoms with E-state index in [1.165, 1.54) is 9.99 Å². The van der Waals surface area contributed by atoms with Crippen LogP contribution >= 0.6 is 0 Å². The molecule has 3 heterocycles. The SMILES string of the molecule is Cc1cncc(-c2ccc3c(c2)CS(=O)(=O)N3C)c1N1CCC(C)(CCNC=O)CC1. The van der Waals surface area contributed by atoms with Gasteiger partial charge in [0.05, 0.1) is 17.1 Å². The van der Waals surface area contributed by atoms with Crippen LogP contribution in [-0.2, 0) is 20.6 Å². The van der Waals surface area contributed by atoms with E-state index in [1.807, 2.05) is 30.6 Å². The number of pyridine rings is 1. The summed E-state index contributed by atoms with van der Waals surface area (Å²) in [5.74, 6) is 0.0398. The maximum atomic E-state index is 12.3. The van der Waals surface area contributed by atoms with E-state index in [0.29, 0.717) is 6.54 Å². The Morgan fingerprint density at radius 3 is 2.68 bits per heavy atom. The number of sulfonamides is 1. The highest BCUT2D eigenvalue weighted by molar-refractivity contribution is 7.92. The molecular formula is C23H30N4O3S. The first kappa shape index (κ1) is 21.6. The molecule has 0 radical (unpaired) electrons. The smallest absolute Gasteiger partial charge is 0.239 e. The molecule has 0 aliphatic carbocycles. The first-order chi connectivity index (χ1) is 14.7. The molecule has 8 heteroatoms. The van der Waals surface area contributed by atoms with Gasteiger partial charge in [-0.3, -0.25) is 14.1 Å². The molecule has 1 saturated heterocycles. The fourth-order valence-corrected chi connectivity index (χ4v) is 6.06. The number of rotatable bonds is 6. The molecule has 1 aromatic heterocycles. The lowest BCUT2D eigenvalue weighted by atomic mass is 9.77. The van der Waals surface area contributed by atoms with Crippen LogP contribution in [-0.4, -0.2) is 46.5 Å². The number of benzene rings is 1. The van der Waals surface area contributed by atoms with Gasteiger partial charge >= 0.3 is 0 Å². The fraction of sp³-hybridized carbons (Fsp3) is 0.478. The Labute approximate surface area is 184 Å². The summed E-state index contributed by atoms with van der Waals surface area (Å²) in [6.07, 6.45) is 7.65. The highest BCUT2D eigenvalue weighted by Gasteiger charge is 2.32. The predicted octanol–water partition coefficient (Wildman–Crippen LogP) is 3.08. The number of nitrogens with one attached hydrogen (secondary N) is 1. The van der Waals surface area contributed by atoms with Crippen LogP contribution < -0.4 is 14.5 Å². The number of carbonyl (C=O) groups is 1. The Balaban J connectivity index is 1.61. The molecule has 4 rings (SSSR count). The summed E-state index contributed by atoms with van der Waals surface area (Å²) in [6.45, 7) is 6.98. The zero-order valence-corrected chi connectivity index (χ0v) is 19.2. The number of hydrogen-bond acceptors (Lipinski definition) is 5. The van der Waals surface area contributed by atoms with Crippen molar-refractivity contribution in [2.45, 2.75) is 38.9 Å². The lowest BCUT2D eigenvalue weighted by Gasteiger charge is -2.41. The van der Waals surface area contributed by atoms with E-state index in [-0.39, 0.29) is 11.2 Å². The van der Waals surface area contributed by atoms with Crippen molar-refractivity contribution in [1.82, 2.24) is 10.3 Å². The van der Waals surface area contributed by atoms with Gasteiger partial charge in [-0.05, 0) is 60.4 Å². The molecular weight excluding hydrogens is 412 g/mol. The van der Waals surface area contributed by atoms with Gasteiger partial charge in [0.25, 0.3) is 0 Å². The third-order valence-electron chi connectivity index (χ3n) is 6.83. The monoisotopic (exact) mass is 442 g/mol. The molecule has 2 aliphatic rings. The third kappa shape index (κ3) is 4.13. The van der Waals surface area contributed by atoms with Crippen molar-refractivity contribution in [3.05, 3.63) is 41.7 Å². The standard InChI is InChI=1S/C23H30N4O3S/c1-17-13-25-14-20(18-4-5-21-19(12-18)15-31(29,30)26(21)3)22(17)27-10-7-23(2,8-11-27)6-9-24-16-28/h4-5,12-14,16H,6-11,15H2,1-3H3,(H,24,28). The van der Waals surface area contributed by atoms with Gasteiger partial charge in [0, 0.05) is 44.6 Å². The molecule has 0 bridgehead atoms. The molecule has 1 fully saturated rings. The van der Waals surface area contributed by atoms with E-state index in [9.17, 15) is 13.2 Å². The number of aryl methyl sites for hydroxylation is 1. The van der Waals surface area contributed by atoms with Crippen molar-refractivity contribution in [3.8, 4) is 11.1 Å². The van der Waals surface area contributed by atoms with Crippen LogP contribution in [0.3, 0.4) is 0 Å². The summed E-state index contributed by atoms with van der Waals surface area (Å²) in [7, 11) is -1.66. The molecule has 2 aromatic rings. The third-order valence-corrected chi connectivity index (χ3v) is 8.54. The minimum absolute atomic E-state index is 0.0398. The van der Waals surface area contributed by atoms with Gasteiger partial charge in [-0.1, -0.05) is 13.0 Å². The Morgan fingerprint density at radius 2 is 1.97 bits per heavy atom. The van der Waals surface area contributed by atoms with Crippen LogP contribution in [0, 0.1) is 12.3 Å². The number of amides is 1. The van der Waals surface area contributed by atoms with E-state index >= 15 is 0 Å². The fourth-order valence-electron chi connectivity index (χ4n) is 4.76. The van der Waals surface area contributed by atoms with Gasteiger partial charge in [-0.15, -0.1) is 0 Å². The molecule has 2 aliphatic heterocycles. The van der Waals surface area contributed by atoms with Gasteiger partial charge < -0.3 is 10.2 Å². The zero-order chi connectivity index (χ0) is 22.2. The molecule has 0 unspecified atom stereocenters. The van der Waals surface area contributed by atoms with E-state index < -0.39 is 10.0 Å². The van der Waals surface area contributed by atoms with Crippen molar-refractivity contribution in [1.29, 1.82) is 0 Å². The number of piperidine rings is 1. The van der Waals surface area contributed by atoms with E-state index in [2.05, 4.69) is 29.0 Å². The average molecular weight is 443 g/mol. The highest BCUT2D eigenvalue weighted by Crippen LogP contribution is 2.42. The first-order valence-electron chi connectivity index (χ1n) is 10.7. The summed E-state index contributed by atoms with van der Waals surface area (Å²) in [5, 5.41) is 2.78. The largest absolute Gasteiger partial charge is 0.371 e. The number of hydrogen-bond donors (Lipinski definition) is 1. The van der Waals surface area contributed by atoms with E-state index in [1.54, 1.807) is 7.05 Å². The number of anilines is 2. The maximum Gasteiger partial charge on any atom is 0.239 e. The molecule has 7 nitrogen and oxygen atoms in total. The molecule has 1 N–H and O–H groups in total. The van der Waals surface area contributed by atoms with Crippen LogP contribution in [0.25, 0.3) is 11.1 Å². The first-order valence-corrected chi connectivity index (χ1v) is 12.3. The lowest BCUT2D eigenvalue weighted by Crippen LogP contribution is -2.40. The van der Waals surface area contributed by atoms with Crippen LogP contribution in [0.5, 0.6) is 0 Å². The molecule has 0 atom stereocenters. The van der Waals surface area contributed by atoms with Crippen LogP contribution in [0.4, 0.5) is 11.4 Å². The molecule has 166 valence electrons. The Hall–Kier alpha value is -2.61. The number of fused-ring (bicyclic) bond motifs is 1. The second-order valence-electron chi connectivity index (χ2n) is 9.04. The van der Waals surface area contributed by atoms with Crippen LogP contribution in [0.15, 0.2) is 30.6 Å². The highest BCUT2D eigenvalue weighted by atomic mass is 32.2. The van der Waals surface area contributed by atoms with E-state index in [0.717, 1.165) is 66.7 Å². The van der Waals surface area contributed by atoms with Crippen molar-refractivity contribution >= 4 is 27.8 Å². The van der Waals surface area contributed by atoms with Crippen LogP contribution in [0.1, 0.15) is 37.3 Å². The van der Waals surface area contributed by atoms with Gasteiger partial charge in [0.1, 0.15) is 0 Å². The van der Waals surface area contributed by atoms with Crippen molar-refractivity contribution in [3.63, 3.8) is 0 Å². The second kappa shape index (κ2) is 8.15. The molecule has 0 spiro atoms. The predicted molar refractivity (Wildman–Crippen MR) is 124 cm³/mol. The minimum Gasteiger partial charge on any atom is -0.371 e. The molecule has 1 aromatic carbocycles. The number of carbonyl (C=O) groups excluding carboxylic acids is 1. The summed E-state index contributed by atoms with van der Waals surface area (Å²) in [5.41, 5.74) is 6.15. The van der Waals surface area contributed by atoms with Crippen LogP contribution in [0.2, 0.25) is 0 Å². The Morgan fingerprint density at radius 1 is 1.23 bits per heavy atom. The Kier molecular flexibility index (Phi) is 5.68. The van der Waals surface area contributed by atoms with Crippen molar-refractivity contribution in [2.24, 2.45) is 5.41 Å². The van der Waals surface area contributed by atoms with Crippen molar-refractivity contribution < 1.29 is 13.2 Å². The maximum absolute atomic E-state index is 12.3. The topological polar surface area (TPSA) is 82.6 Å². The normalized spacial score (nSPS) is 19.2. The summed E-state index contributed by atoms with van der Waals surface area (Å²) in [6, 6.07) is 5.89. The minimum atomic E-state index is -3.26. The Bertz CT molecular complexity index is 1090. The molecule has 1 amide bonds. The quantitative estimate of drug-likeness (QED) is 0.549.